The summed E-state index contributed by atoms with van der Waals surface area (Å²) in [5, 5.41) is 10.7. The van der Waals surface area contributed by atoms with Crippen LogP contribution in [-0.4, -0.2) is 17.5 Å². The molecule has 0 aromatic heterocycles. The predicted octanol–water partition coefficient (Wildman–Crippen LogP) is 8.05. The number of alkyl halides is 6. The monoisotopic (exact) mass is 472 g/mol. The number of rotatable bonds is 9. The van der Waals surface area contributed by atoms with Crippen molar-refractivity contribution < 1.29 is 31.4 Å². The first-order chi connectivity index (χ1) is 15.3. The van der Waals surface area contributed by atoms with Crippen molar-refractivity contribution in [3.8, 4) is 0 Å². The molecule has 0 radical (unpaired) electrons. The van der Waals surface area contributed by atoms with Gasteiger partial charge in [-0.1, -0.05) is 68.1 Å². The van der Waals surface area contributed by atoms with E-state index in [1.807, 2.05) is 32.1 Å². The fourth-order valence-electron chi connectivity index (χ4n) is 4.24. The van der Waals surface area contributed by atoms with Crippen LogP contribution in [-0.2, 0) is 6.42 Å². The topological polar surface area (TPSA) is 20.2 Å². The molecule has 0 spiro atoms. The van der Waals surface area contributed by atoms with Gasteiger partial charge in [0.15, 0.2) is 0 Å². The summed E-state index contributed by atoms with van der Waals surface area (Å²) >= 11 is 0. The van der Waals surface area contributed by atoms with E-state index >= 15 is 0 Å². The molecule has 1 aliphatic carbocycles. The Kier molecular flexibility index (Phi) is 9.18. The average Bonchev–Trinajstić information content (AvgIpc) is 3.16. The van der Waals surface area contributed by atoms with E-state index in [-0.39, 0.29) is 12.3 Å². The van der Waals surface area contributed by atoms with Crippen LogP contribution in [0.1, 0.15) is 50.3 Å². The molecular weight excluding hydrogens is 442 g/mol. The molecule has 0 saturated carbocycles. The molecule has 2 rings (SSSR count). The van der Waals surface area contributed by atoms with Crippen molar-refractivity contribution in [1.82, 2.24) is 0 Å². The number of hydrogen-bond acceptors (Lipinski definition) is 1. The number of allylic oxidation sites excluding steroid dienone is 7. The Labute approximate surface area is 191 Å². The second-order valence-corrected chi connectivity index (χ2v) is 8.69. The highest BCUT2D eigenvalue weighted by Crippen LogP contribution is 2.48. The highest BCUT2D eigenvalue weighted by atomic mass is 19.4. The zero-order chi connectivity index (χ0) is 24.8. The fourth-order valence-corrected chi connectivity index (χ4v) is 4.24. The molecule has 0 fully saturated rings. The third-order valence-corrected chi connectivity index (χ3v) is 5.94. The predicted molar refractivity (Wildman–Crippen MR) is 118 cm³/mol. The molecule has 7 heteroatoms. The van der Waals surface area contributed by atoms with E-state index in [9.17, 15) is 31.4 Å². The van der Waals surface area contributed by atoms with Gasteiger partial charge < -0.3 is 5.11 Å². The highest BCUT2D eigenvalue weighted by Gasteiger charge is 2.51. The Morgan fingerprint density at radius 3 is 2.48 bits per heavy atom. The van der Waals surface area contributed by atoms with Gasteiger partial charge in [-0.3, -0.25) is 0 Å². The maximum Gasteiger partial charge on any atom is 0.412 e. The summed E-state index contributed by atoms with van der Waals surface area (Å²) in [5.41, 5.74) is 0.911. The first kappa shape index (κ1) is 27.0. The van der Waals surface area contributed by atoms with Gasteiger partial charge in [0.25, 0.3) is 0 Å². The zero-order valence-corrected chi connectivity index (χ0v) is 18.8. The SMILES string of the molecule is C=CC(=CC=CC)CC(C)CC(O)c1cccc(CC2C=C(C(F)(F)F)CC2C(F)(F)F)c1. The average molecular weight is 473 g/mol. The molecule has 182 valence electrons. The van der Waals surface area contributed by atoms with Crippen LogP contribution in [0.5, 0.6) is 0 Å². The summed E-state index contributed by atoms with van der Waals surface area (Å²) < 4.78 is 79.2. The third kappa shape index (κ3) is 7.91. The molecule has 1 aliphatic rings. The summed E-state index contributed by atoms with van der Waals surface area (Å²) in [4.78, 5) is 0. The van der Waals surface area contributed by atoms with E-state index in [2.05, 4.69) is 6.58 Å². The Morgan fingerprint density at radius 2 is 1.91 bits per heavy atom. The lowest BCUT2D eigenvalue weighted by atomic mass is 9.87. The lowest BCUT2D eigenvalue weighted by Crippen LogP contribution is -2.28. The quantitative estimate of drug-likeness (QED) is 0.219. The van der Waals surface area contributed by atoms with Crippen molar-refractivity contribution in [3.63, 3.8) is 0 Å². The fraction of sp³-hybridized carbons (Fsp3) is 0.462. The van der Waals surface area contributed by atoms with E-state index in [0.29, 0.717) is 24.0 Å². The molecule has 4 unspecified atom stereocenters. The van der Waals surface area contributed by atoms with E-state index in [1.54, 1.807) is 30.3 Å². The minimum atomic E-state index is -4.77. The van der Waals surface area contributed by atoms with Gasteiger partial charge in [0.1, 0.15) is 0 Å². The molecule has 1 aromatic carbocycles. The van der Waals surface area contributed by atoms with Gasteiger partial charge in [-0.15, -0.1) is 0 Å². The van der Waals surface area contributed by atoms with Crippen LogP contribution in [0.2, 0.25) is 0 Å². The number of aliphatic hydroxyl groups excluding tert-OH is 1. The number of halogens is 6. The van der Waals surface area contributed by atoms with Crippen LogP contribution in [0.3, 0.4) is 0 Å². The van der Waals surface area contributed by atoms with Gasteiger partial charge in [0.05, 0.1) is 12.0 Å². The summed E-state index contributed by atoms with van der Waals surface area (Å²) in [6.07, 6.45) is -2.20. The van der Waals surface area contributed by atoms with E-state index in [1.165, 1.54) is 0 Å². The number of aliphatic hydroxyl groups is 1. The molecule has 1 nitrogen and oxygen atoms in total. The molecule has 0 bridgehead atoms. The Balaban J connectivity index is 2.13. The van der Waals surface area contributed by atoms with Gasteiger partial charge in [-0.2, -0.15) is 26.3 Å². The second-order valence-electron chi connectivity index (χ2n) is 8.69. The maximum absolute atomic E-state index is 13.4. The van der Waals surface area contributed by atoms with Crippen LogP contribution in [0, 0.1) is 17.8 Å². The van der Waals surface area contributed by atoms with Gasteiger partial charge in [-0.25, -0.2) is 0 Å². The molecular formula is C26H30F6O. The summed E-state index contributed by atoms with van der Waals surface area (Å²) in [6.45, 7) is 7.67. The zero-order valence-electron chi connectivity index (χ0n) is 18.8. The largest absolute Gasteiger partial charge is 0.412 e. The third-order valence-electron chi connectivity index (χ3n) is 5.94. The van der Waals surface area contributed by atoms with E-state index in [0.717, 1.165) is 11.6 Å². The van der Waals surface area contributed by atoms with Crippen molar-refractivity contribution >= 4 is 0 Å². The van der Waals surface area contributed by atoms with Crippen molar-refractivity contribution in [3.05, 3.63) is 83.5 Å². The van der Waals surface area contributed by atoms with Crippen molar-refractivity contribution in [2.45, 2.75) is 58.0 Å². The van der Waals surface area contributed by atoms with Crippen LogP contribution in [0.25, 0.3) is 0 Å². The lowest BCUT2D eigenvalue weighted by molar-refractivity contribution is -0.183. The van der Waals surface area contributed by atoms with Crippen molar-refractivity contribution in [1.29, 1.82) is 0 Å². The minimum Gasteiger partial charge on any atom is -0.388 e. The maximum atomic E-state index is 13.4. The Morgan fingerprint density at radius 1 is 1.21 bits per heavy atom. The summed E-state index contributed by atoms with van der Waals surface area (Å²) in [7, 11) is 0. The first-order valence-electron chi connectivity index (χ1n) is 10.9. The standard InChI is InChI=1S/C26H30F6O/c1-4-6-8-18(5-2)11-17(3)12-24(33)20-10-7-9-19(13-20)14-21-15-22(25(27,28)29)16-23(21)26(30,31)32/h4-10,13,15,17,21,23-24,33H,2,11-12,14,16H2,1,3H3. The molecule has 0 aliphatic heterocycles. The smallest absolute Gasteiger partial charge is 0.388 e. The summed E-state index contributed by atoms with van der Waals surface area (Å²) in [6, 6.07) is 6.47. The normalized spacial score (nSPS) is 21.8. The van der Waals surface area contributed by atoms with Gasteiger partial charge in [0.2, 0.25) is 0 Å². The molecule has 1 N–H and O–H groups in total. The van der Waals surface area contributed by atoms with Crippen molar-refractivity contribution in [2.24, 2.45) is 17.8 Å². The molecule has 4 atom stereocenters. The second kappa shape index (κ2) is 11.2. The first-order valence-corrected chi connectivity index (χ1v) is 10.9. The van der Waals surface area contributed by atoms with E-state index < -0.39 is 42.3 Å². The Bertz CT molecular complexity index is 891. The van der Waals surface area contributed by atoms with Crippen LogP contribution < -0.4 is 0 Å². The van der Waals surface area contributed by atoms with Crippen molar-refractivity contribution in [2.75, 3.05) is 0 Å². The highest BCUT2D eigenvalue weighted by molar-refractivity contribution is 5.29. The van der Waals surface area contributed by atoms with Crippen LogP contribution in [0.15, 0.2) is 72.4 Å². The van der Waals surface area contributed by atoms with E-state index in [4.69, 9.17) is 0 Å². The lowest BCUT2D eigenvalue weighted by Gasteiger charge is -2.23. The molecule has 1 aromatic rings. The van der Waals surface area contributed by atoms with Crippen LogP contribution in [0.4, 0.5) is 26.3 Å². The molecule has 0 heterocycles. The molecule has 0 amide bonds. The number of benzene rings is 1. The van der Waals surface area contributed by atoms with Gasteiger partial charge >= 0.3 is 12.4 Å². The van der Waals surface area contributed by atoms with Gasteiger partial charge in [-0.05, 0) is 61.1 Å². The minimum absolute atomic E-state index is 0.111. The molecule has 0 saturated heterocycles. The summed E-state index contributed by atoms with van der Waals surface area (Å²) in [5.74, 6) is -3.25. The van der Waals surface area contributed by atoms with Gasteiger partial charge in [0, 0.05) is 5.57 Å². The Hall–Kier alpha value is -2.28. The van der Waals surface area contributed by atoms with Crippen LogP contribution >= 0.6 is 0 Å². The molecule has 33 heavy (non-hydrogen) atoms. The number of hydrogen-bond donors (Lipinski definition) is 1.